The normalized spacial score (nSPS) is 14.3. The van der Waals surface area contributed by atoms with Crippen molar-refractivity contribution in [2.24, 2.45) is 0 Å². The van der Waals surface area contributed by atoms with Gasteiger partial charge in [-0.2, -0.15) is 0 Å². The van der Waals surface area contributed by atoms with Gasteiger partial charge in [-0.1, -0.05) is 101 Å². The standard InChI is InChI=1S/C37H49NO7Si/c1-10-37(6,11-2)44-31-24-29(22-23-30(31)42-25-27-18-14-12-15-19-27)33(45-46(8,9)36(3,4)5)32(34(39)40)38(7)35(41)43-26-28-20-16-13-17-21-28/h10,12-24,32-33H,1,11,25-26H2,2-9H3,(H,39,40)/t32-,33+,37?/m0/s1. The Bertz CT molecular complexity index is 1460. The average Bonchev–Trinajstić information content (AvgIpc) is 3.02. The van der Waals surface area contributed by atoms with Gasteiger partial charge in [0.05, 0.1) is 0 Å². The average molecular weight is 648 g/mol. The molecule has 8 nitrogen and oxygen atoms in total. The molecule has 0 saturated heterocycles. The van der Waals surface area contributed by atoms with Crippen LogP contribution in [-0.2, 0) is 27.2 Å². The number of aliphatic carboxylic acids is 1. The summed E-state index contributed by atoms with van der Waals surface area (Å²) in [6.45, 7) is 18.5. The Kier molecular flexibility index (Phi) is 12.2. The summed E-state index contributed by atoms with van der Waals surface area (Å²) in [6, 6.07) is 22.9. The molecule has 0 aliphatic heterocycles. The number of carbonyl (C=O) groups is 2. The van der Waals surface area contributed by atoms with E-state index in [0.29, 0.717) is 30.1 Å². The molecule has 3 rings (SSSR count). The Morgan fingerprint density at radius 1 is 0.913 bits per heavy atom. The Hall–Kier alpha value is -4.08. The Morgan fingerprint density at radius 2 is 1.48 bits per heavy atom. The van der Waals surface area contributed by atoms with Gasteiger partial charge in [0.25, 0.3) is 0 Å². The van der Waals surface area contributed by atoms with Crippen LogP contribution >= 0.6 is 0 Å². The highest BCUT2D eigenvalue weighted by Crippen LogP contribution is 2.43. The minimum atomic E-state index is -2.59. The van der Waals surface area contributed by atoms with Gasteiger partial charge in [-0.15, -0.1) is 0 Å². The first-order valence-electron chi connectivity index (χ1n) is 15.6. The molecule has 0 aliphatic rings. The van der Waals surface area contributed by atoms with Crippen LogP contribution in [-0.4, -0.2) is 49.1 Å². The lowest BCUT2D eigenvalue weighted by Crippen LogP contribution is -2.51. The lowest BCUT2D eigenvalue weighted by atomic mass is 10.00. The zero-order valence-corrected chi connectivity index (χ0v) is 29.4. The molecule has 3 atom stereocenters. The first kappa shape index (κ1) is 36.4. The lowest BCUT2D eigenvalue weighted by molar-refractivity contribution is -0.146. The van der Waals surface area contributed by atoms with E-state index in [1.807, 2.05) is 87.6 Å². The number of hydrogen-bond acceptors (Lipinski definition) is 6. The fourth-order valence-corrected chi connectivity index (χ4v) is 5.64. The molecule has 0 radical (unpaired) electrons. The Balaban J connectivity index is 2.08. The SMILES string of the molecule is C=CC(C)(CC)Oc1cc([C@@H](O[Si](C)(C)C(C)(C)C)[C@@H](C(=O)O)N(C)C(=O)OCc2ccccc2)ccc1OCc1ccccc1. The van der Waals surface area contributed by atoms with E-state index >= 15 is 0 Å². The molecule has 1 N–H and O–H groups in total. The van der Waals surface area contributed by atoms with Crippen LogP contribution in [0.15, 0.2) is 91.5 Å². The molecule has 1 amide bonds. The van der Waals surface area contributed by atoms with Crippen molar-refractivity contribution in [3.63, 3.8) is 0 Å². The zero-order chi connectivity index (χ0) is 34.1. The van der Waals surface area contributed by atoms with Crippen LogP contribution in [0.4, 0.5) is 4.79 Å². The predicted molar refractivity (Wildman–Crippen MR) is 184 cm³/mol. The van der Waals surface area contributed by atoms with E-state index in [4.69, 9.17) is 18.6 Å². The zero-order valence-electron chi connectivity index (χ0n) is 28.4. The highest BCUT2D eigenvalue weighted by molar-refractivity contribution is 6.74. The molecular weight excluding hydrogens is 598 g/mol. The van der Waals surface area contributed by atoms with Crippen LogP contribution in [0.3, 0.4) is 0 Å². The molecule has 0 aliphatic carbocycles. The maximum Gasteiger partial charge on any atom is 0.410 e. The molecule has 0 heterocycles. The Morgan fingerprint density at radius 3 is 1.98 bits per heavy atom. The summed E-state index contributed by atoms with van der Waals surface area (Å²) in [7, 11) is -1.17. The smallest absolute Gasteiger partial charge is 0.410 e. The molecule has 3 aromatic carbocycles. The van der Waals surface area contributed by atoms with Gasteiger partial charge in [-0.05, 0) is 66.4 Å². The molecule has 248 valence electrons. The van der Waals surface area contributed by atoms with Crippen molar-refractivity contribution in [1.29, 1.82) is 0 Å². The summed E-state index contributed by atoms with van der Waals surface area (Å²) in [5.74, 6) is -0.318. The Labute approximate surface area is 275 Å². The summed E-state index contributed by atoms with van der Waals surface area (Å²) in [5.41, 5.74) is 1.59. The lowest BCUT2D eigenvalue weighted by Gasteiger charge is -2.42. The van der Waals surface area contributed by atoms with Gasteiger partial charge >= 0.3 is 12.1 Å². The predicted octanol–water partition coefficient (Wildman–Crippen LogP) is 8.78. The van der Waals surface area contributed by atoms with Gasteiger partial charge in [-0.25, -0.2) is 9.59 Å². The van der Waals surface area contributed by atoms with E-state index in [0.717, 1.165) is 16.0 Å². The first-order chi connectivity index (χ1) is 21.6. The third-order valence-electron chi connectivity index (χ3n) is 8.69. The second-order valence-corrected chi connectivity index (χ2v) is 17.9. The van der Waals surface area contributed by atoms with Crippen LogP contribution in [0.25, 0.3) is 0 Å². The van der Waals surface area contributed by atoms with Crippen molar-refractivity contribution < 1.29 is 33.3 Å². The number of benzene rings is 3. The van der Waals surface area contributed by atoms with Gasteiger partial charge in [0.2, 0.25) is 0 Å². The summed E-state index contributed by atoms with van der Waals surface area (Å²) >= 11 is 0. The molecule has 9 heteroatoms. The largest absolute Gasteiger partial charge is 0.485 e. The van der Waals surface area contributed by atoms with E-state index in [9.17, 15) is 14.7 Å². The molecule has 0 bridgehead atoms. The van der Waals surface area contributed by atoms with E-state index in [1.54, 1.807) is 24.3 Å². The number of nitrogens with zero attached hydrogens (tertiary/aromatic N) is 1. The molecule has 46 heavy (non-hydrogen) atoms. The fourth-order valence-electron chi connectivity index (χ4n) is 4.39. The number of carbonyl (C=O) groups excluding carboxylic acids is 1. The van der Waals surface area contributed by atoms with Gasteiger partial charge in [0, 0.05) is 7.05 Å². The highest BCUT2D eigenvalue weighted by Gasteiger charge is 2.45. The monoisotopic (exact) mass is 647 g/mol. The van der Waals surface area contributed by atoms with Gasteiger partial charge in [-0.3, -0.25) is 4.90 Å². The van der Waals surface area contributed by atoms with Gasteiger partial charge in [0.1, 0.15) is 24.9 Å². The molecule has 1 unspecified atom stereocenters. The highest BCUT2D eigenvalue weighted by atomic mass is 28.4. The van der Waals surface area contributed by atoms with E-state index < -0.39 is 38.1 Å². The van der Waals surface area contributed by atoms with Crippen molar-refractivity contribution in [3.8, 4) is 11.5 Å². The van der Waals surface area contributed by atoms with Crippen LogP contribution in [0.5, 0.6) is 11.5 Å². The van der Waals surface area contributed by atoms with Crippen LogP contribution in [0.1, 0.15) is 63.8 Å². The van der Waals surface area contributed by atoms with Crippen LogP contribution < -0.4 is 9.47 Å². The van der Waals surface area contributed by atoms with Crippen LogP contribution in [0, 0.1) is 0 Å². The maximum absolute atomic E-state index is 13.3. The number of carboxylic acid groups (broad SMARTS) is 1. The van der Waals surface area contributed by atoms with Crippen molar-refractivity contribution >= 4 is 20.4 Å². The second-order valence-electron chi connectivity index (χ2n) is 13.2. The topological polar surface area (TPSA) is 94.5 Å². The summed E-state index contributed by atoms with van der Waals surface area (Å²) < 4.78 is 25.1. The first-order valence-corrected chi connectivity index (χ1v) is 18.5. The third-order valence-corrected chi connectivity index (χ3v) is 13.1. The second kappa shape index (κ2) is 15.5. The summed E-state index contributed by atoms with van der Waals surface area (Å²) in [5, 5.41) is 10.4. The van der Waals surface area contributed by atoms with Gasteiger partial charge in [0.15, 0.2) is 25.9 Å². The fraction of sp³-hybridized carbons (Fsp3) is 0.405. The van der Waals surface area contributed by atoms with E-state index in [2.05, 4.69) is 27.4 Å². The molecule has 0 aromatic heterocycles. The van der Waals surface area contributed by atoms with E-state index in [1.165, 1.54) is 7.05 Å². The molecular formula is C37H49NO7Si. The minimum Gasteiger partial charge on any atom is -0.485 e. The van der Waals surface area contributed by atoms with E-state index in [-0.39, 0.29) is 11.6 Å². The summed E-state index contributed by atoms with van der Waals surface area (Å²) in [6.07, 6.45) is 0.552. The van der Waals surface area contributed by atoms with Crippen LogP contribution in [0.2, 0.25) is 18.1 Å². The maximum atomic E-state index is 13.3. The van der Waals surface area contributed by atoms with Crippen molar-refractivity contribution in [2.45, 2.75) is 90.1 Å². The van der Waals surface area contributed by atoms with Crippen molar-refractivity contribution in [1.82, 2.24) is 4.90 Å². The number of likely N-dealkylation sites (N-methyl/N-ethyl adjacent to an activating group) is 1. The van der Waals surface area contributed by atoms with Crippen molar-refractivity contribution in [3.05, 3.63) is 108 Å². The quantitative estimate of drug-likeness (QED) is 0.130. The number of carboxylic acids is 1. The van der Waals surface area contributed by atoms with Crippen molar-refractivity contribution in [2.75, 3.05) is 7.05 Å². The number of amides is 1. The van der Waals surface area contributed by atoms with Gasteiger partial charge < -0.3 is 23.7 Å². The molecule has 0 fully saturated rings. The third kappa shape index (κ3) is 9.47. The minimum absolute atomic E-state index is 0.00665. The summed E-state index contributed by atoms with van der Waals surface area (Å²) in [4.78, 5) is 27.4. The molecule has 0 spiro atoms. The molecule has 0 saturated carbocycles. The number of hydrogen-bond donors (Lipinski definition) is 1. The number of rotatable bonds is 15. The molecule has 3 aromatic rings. The number of ether oxygens (including phenoxy) is 3.